The lowest BCUT2D eigenvalue weighted by Gasteiger charge is -2.30. The number of nitrogens with zero attached hydrogens (tertiary/aromatic N) is 1. The Morgan fingerprint density at radius 2 is 1.97 bits per heavy atom. The van der Waals surface area contributed by atoms with Gasteiger partial charge in [0.05, 0.1) is 0 Å². The highest BCUT2D eigenvalue weighted by Crippen LogP contribution is 2.29. The van der Waals surface area contributed by atoms with Gasteiger partial charge in [0.1, 0.15) is 11.8 Å². The number of piperidine rings is 1. The first-order valence-electron chi connectivity index (χ1n) is 11.1. The summed E-state index contributed by atoms with van der Waals surface area (Å²) < 4.78 is 0. The summed E-state index contributed by atoms with van der Waals surface area (Å²) in [7, 11) is 0. The number of nitrogens with two attached hydrogens (primary N) is 1. The summed E-state index contributed by atoms with van der Waals surface area (Å²) in [6.45, 7) is 6.71. The molecule has 2 aliphatic heterocycles. The molecule has 166 valence electrons. The van der Waals surface area contributed by atoms with Crippen LogP contribution in [-0.2, 0) is 35.5 Å². The second-order valence-corrected chi connectivity index (χ2v) is 8.75. The maximum atomic E-state index is 12.8. The zero-order valence-electron chi connectivity index (χ0n) is 18.4. The van der Waals surface area contributed by atoms with E-state index in [9.17, 15) is 14.4 Å². The van der Waals surface area contributed by atoms with Crippen LogP contribution in [0.15, 0.2) is 48.7 Å². The van der Waals surface area contributed by atoms with Crippen LogP contribution >= 0.6 is 0 Å². The van der Waals surface area contributed by atoms with Crippen molar-refractivity contribution < 1.29 is 14.4 Å². The number of hydrogen-bond donors (Lipinski definition) is 2. The van der Waals surface area contributed by atoms with E-state index in [1.54, 1.807) is 4.90 Å². The van der Waals surface area contributed by atoms with Crippen molar-refractivity contribution in [3.05, 3.63) is 82.1 Å². The molecule has 1 fully saturated rings. The third kappa shape index (κ3) is 4.50. The summed E-state index contributed by atoms with van der Waals surface area (Å²) >= 11 is 0. The summed E-state index contributed by atoms with van der Waals surface area (Å²) in [6, 6.07) is 11.3. The lowest BCUT2D eigenvalue weighted by atomic mass is 9.98. The highest BCUT2D eigenvalue weighted by Gasteiger charge is 2.38. The van der Waals surface area contributed by atoms with Gasteiger partial charge in [0.15, 0.2) is 0 Å². The fraction of sp³-hybridized carbons (Fsp3) is 0.346. The van der Waals surface area contributed by atoms with Gasteiger partial charge in [0.25, 0.3) is 5.91 Å². The van der Waals surface area contributed by atoms with E-state index >= 15 is 0 Å². The van der Waals surface area contributed by atoms with Gasteiger partial charge in [-0.15, -0.1) is 0 Å². The van der Waals surface area contributed by atoms with Crippen molar-refractivity contribution in [2.45, 2.75) is 58.2 Å². The molecule has 0 spiro atoms. The molecule has 2 heterocycles. The molecule has 3 N–H and O–H groups in total. The van der Waals surface area contributed by atoms with Crippen molar-refractivity contribution in [3.8, 4) is 0 Å². The summed E-state index contributed by atoms with van der Waals surface area (Å²) in [4.78, 5) is 39.4. The van der Waals surface area contributed by atoms with Crippen molar-refractivity contribution in [2.75, 3.05) is 0 Å². The van der Waals surface area contributed by atoms with Gasteiger partial charge in [0.2, 0.25) is 5.91 Å². The van der Waals surface area contributed by atoms with Crippen LogP contribution in [0.1, 0.15) is 57.4 Å². The Labute approximate surface area is 188 Å². The van der Waals surface area contributed by atoms with Gasteiger partial charge in [-0.3, -0.25) is 14.4 Å². The minimum absolute atomic E-state index is 0.106. The number of hydrogen-bond acceptors (Lipinski definition) is 4. The Hall–Kier alpha value is -3.25. The van der Waals surface area contributed by atoms with Gasteiger partial charge < -0.3 is 16.0 Å². The summed E-state index contributed by atoms with van der Waals surface area (Å²) in [5.41, 5.74) is 12.3. The minimum atomic E-state index is -0.460. The Bertz CT molecular complexity index is 1110. The number of carbonyl (C=O) groups is 3. The van der Waals surface area contributed by atoms with Crippen LogP contribution < -0.4 is 11.1 Å². The molecule has 6 heteroatoms. The number of ketones is 1. The van der Waals surface area contributed by atoms with Gasteiger partial charge in [0, 0.05) is 37.2 Å². The largest absolute Gasteiger partial charge is 0.329 e. The van der Waals surface area contributed by atoms with Crippen molar-refractivity contribution in [2.24, 2.45) is 5.73 Å². The van der Waals surface area contributed by atoms with E-state index in [0.29, 0.717) is 56.5 Å². The molecular formula is C26H29N3O3. The normalized spacial score (nSPS) is 18.0. The number of benzene rings is 2. The van der Waals surface area contributed by atoms with Crippen molar-refractivity contribution in [1.82, 2.24) is 10.2 Å². The standard InChI is InChI=1S/C26H29N3O3/c1-16-3-5-19(12-20(16)14-27)13-22(30)8-6-18-7-9-23-21(11-18)15-29(26(23)32)24-10-4-17(2)28-25(24)31/h3,5,7,9,11-12,24H,2,4,6,8,10,13-15,27H2,1H3,(H,28,31). The van der Waals surface area contributed by atoms with Gasteiger partial charge >= 0.3 is 0 Å². The lowest BCUT2D eigenvalue weighted by molar-refractivity contribution is -0.126. The number of fused-ring (bicyclic) bond motifs is 1. The Morgan fingerprint density at radius 3 is 2.72 bits per heavy atom. The number of allylic oxidation sites excluding steroid dienone is 1. The molecule has 2 aromatic rings. The second-order valence-electron chi connectivity index (χ2n) is 8.75. The fourth-order valence-electron chi connectivity index (χ4n) is 4.52. The first kappa shape index (κ1) is 22.0. The quantitative estimate of drug-likeness (QED) is 0.705. The molecular weight excluding hydrogens is 402 g/mol. The predicted octanol–water partition coefficient (Wildman–Crippen LogP) is 2.95. The molecule has 1 saturated heterocycles. The Morgan fingerprint density at radius 1 is 1.19 bits per heavy atom. The molecule has 0 aliphatic carbocycles. The molecule has 1 unspecified atom stereocenters. The third-order valence-electron chi connectivity index (χ3n) is 6.43. The first-order valence-corrected chi connectivity index (χ1v) is 11.1. The first-order chi connectivity index (χ1) is 15.4. The van der Waals surface area contributed by atoms with Gasteiger partial charge in [-0.05, 0) is 60.1 Å². The fourth-order valence-corrected chi connectivity index (χ4v) is 4.52. The molecule has 0 bridgehead atoms. The van der Waals surface area contributed by atoms with E-state index < -0.39 is 6.04 Å². The van der Waals surface area contributed by atoms with Crippen molar-refractivity contribution >= 4 is 17.6 Å². The maximum Gasteiger partial charge on any atom is 0.255 e. The molecule has 1 atom stereocenters. The maximum absolute atomic E-state index is 12.8. The van der Waals surface area contributed by atoms with E-state index in [1.807, 2.05) is 43.3 Å². The molecule has 32 heavy (non-hydrogen) atoms. The number of amides is 2. The highest BCUT2D eigenvalue weighted by molar-refractivity contribution is 6.01. The van der Waals surface area contributed by atoms with Crippen LogP contribution in [0.25, 0.3) is 0 Å². The van der Waals surface area contributed by atoms with Crippen LogP contribution in [0.3, 0.4) is 0 Å². The Kier molecular flexibility index (Phi) is 6.24. The summed E-state index contributed by atoms with van der Waals surface area (Å²) in [6.07, 6.45) is 2.73. The molecule has 2 aromatic carbocycles. The van der Waals surface area contributed by atoms with E-state index in [1.165, 1.54) is 0 Å². The number of nitrogens with one attached hydrogen (secondary N) is 1. The SMILES string of the molecule is C=C1CCC(N2Cc3cc(CCC(=O)Cc4ccc(C)c(CN)c4)ccc3C2=O)C(=O)N1. The molecule has 0 saturated carbocycles. The van der Waals surface area contributed by atoms with Crippen LogP contribution in [-0.4, -0.2) is 28.5 Å². The minimum Gasteiger partial charge on any atom is -0.329 e. The summed E-state index contributed by atoms with van der Waals surface area (Å²) in [5.74, 6) is -0.0957. The number of Topliss-reactive ketones (excluding diaryl/α,β-unsaturated/α-hetero) is 1. The van der Waals surface area contributed by atoms with Crippen LogP contribution in [0.5, 0.6) is 0 Å². The topological polar surface area (TPSA) is 92.5 Å². The second kappa shape index (κ2) is 9.09. The van der Waals surface area contributed by atoms with Crippen LogP contribution in [0.2, 0.25) is 0 Å². The number of rotatable bonds is 7. The van der Waals surface area contributed by atoms with Gasteiger partial charge in [-0.2, -0.15) is 0 Å². The van der Waals surface area contributed by atoms with Crippen molar-refractivity contribution in [3.63, 3.8) is 0 Å². The zero-order valence-corrected chi connectivity index (χ0v) is 18.4. The molecule has 4 rings (SSSR count). The Balaban J connectivity index is 1.37. The zero-order chi connectivity index (χ0) is 22.8. The van der Waals surface area contributed by atoms with E-state index in [2.05, 4.69) is 11.9 Å². The molecule has 0 radical (unpaired) electrons. The van der Waals surface area contributed by atoms with Crippen molar-refractivity contribution in [1.29, 1.82) is 0 Å². The van der Waals surface area contributed by atoms with E-state index in [-0.39, 0.29) is 17.6 Å². The lowest BCUT2D eigenvalue weighted by Crippen LogP contribution is -2.49. The number of carbonyl (C=O) groups excluding carboxylic acids is 3. The monoisotopic (exact) mass is 431 g/mol. The van der Waals surface area contributed by atoms with Gasteiger partial charge in [-0.1, -0.05) is 36.9 Å². The molecule has 2 aliphatic rings. The van der Waals surface area contributed by atoms with Gasteiger partial charge in [-0.25, -0.2) is 0 Å². The molecule has 2 amide bonds. The highest BCUT2D eigenvalue weighted by atomic mass is 16.2. The smallest absolute Gasteiger partial charge is 0.255 e. The third-order valence-corrected chi connectivity index (χ3v) is 6.43. The molecule has 0 aromatic heterocycles. The van der Waals surface area contributed by atoms with Crippen LogP contribution in [0.4, 0.5) is 0 Å². The van der Waals surface area contributed by atoms with E-state index in [4.69, 9.17) is 5.73 Å². The molecule has 6 nitrogen and oxygen atoms in total. The summed E-state index contributed by atoms with van der Waals surface area (Å²) in [5, 5.41) is 2.76. The predicted molar refractivity (Wildman–Crippen MR) is 123 cm³/mol. The average Bonchev–Trinajstić information content (AvgIpc) is 3.09. The average molecular weight is 432 g/mol. The van der Waals surface area contributed by atoms with E-state index in [0.717, 1.165) is 27.8 Å². The van der Waals surface area contributed by atoms with Crippen LogP contribution in [0, 0.1) is 6.92 Å². The number of aryl methyl sites for hydroxylation is 2.